The second kappa shape index (κ2) is 7.26. The molecule has 1 aromatic carbocycles. The Hall–Kier alpha value is -1.82. The van der Waals surface area contributed by atoms with Gasteiger partial charge in [-0.1, -0.05) is 26.0 Å². The van der Waals surface area contributed by atoms with Crippen LogP contribution in [0.1, 0.15) is 20.3 Å². The minimum Gasteiger partial charge on any atom is -0.393 e. The third-order valence-corrected chi connectivity index (χ3v) is 3.72. The zero-order valence-corrected chi connectivity index (χ0v) is 13.8. The SMILES string of the molecule is CC(C)CCNc1ncnc(Nc2ccccc2Br)c1N. The third kappa shape index (κ3) is 4.32. The number of aromatic nitrogens is 2. The summed E-state index contributed by atoms with van der Waals surface area (Å²) in [7, 11) is 0. The van der Waals surface area contributed by atoms with Gasteiger partial charge in [0.25, 0.3) is 0 Å². The van der Waals surface area contributed by atoms with Gasteiger partial charge >= 0.3 is 0 Å². The molecule has 0 saturated heterocycles. The number of nitrogens with zero attached hydrogens (tertiary/aromatic N) is 2. The van der Waals surface area contributed by atoms with Gasteiger partial charge in [0.15, 0.2) is 11.6 Å². The highest BCUT2D eigenvalue weighted by molar-refractivity contribution is 9.10. The summed E-state index contributed by atoms with van der Waals surface area (Å²) in [4.78, 5) is 8.41. The Morgan fingerprint density at radius 3 is 2.62 bits per heavy atom. The lowest BCUT2D eigenvalue weighted by molar-refractivity contribution is 0.606. The minimum absolute atomic E-state index is 0.525. The second-order valence-corrected chi connectivity index (χ2v) is 6.05. The summed E-state index contributed by atoms with van der Waals surface area (Å²) in [5.41, 5.74) is 7.57. The molecule has 1 heterocycles. The van der Waals surface area contributed by atoms with Crippen molar-refractivity contribution in [3.63, 3.8) is 0 Å². The molecule has 0 amide bonds. The summed E-state index contributed by atoms with van der Waals surface area (Å²) in [6.45, 7) is 5.21. The quantitative estimate of drug-likeness (QED) is 0.734. The van der Waals surface area contributed by atoms with Crippen molar-refractivity contribution < 1.29 is 0 Å². The Bertz CT molecular complexity index is 600. The molecule has 112 valence electrons. The summed E-state index contributed by atoms with van der Waals surface area (Å²) in [5, 5.41) is 6.47. The highest BCUT2D eigenvalue weighted by Gasteiger charge is 2.09. The Morgan fingerprint density at radius 2 is 1.90 bits per heavy atom. The van der Waals surface area contributed by atoms with Crippen LogP contribution in [0.5, 0.6) is 0 Å². The van der Waals surface area contributed by atoms with Gasteiger partial charge in [-0.15, -0.1) is 0 Å². The fourth-order valence-corrected chi connectivity index (χ4v) is 2.19. The van der Waals surface area contributed by atoms with E-state index in [0.29, 0.717) is 23.2 Å². The average molecular weight is 350 g/mol. The normalized spacial score (nSPS) is 10.7. The summed E-state index contributed by atoms with van der Waals surface area (Å²) >= 11 is 3.49. The summed E-state index contributed by atoms with van der Waals surface area (Å²) in [5.74, 6) is 1.91. The van der Waals surface area contributed by atoms with Crippen molar-refractivity contribution in [1.82, 2.24) is 9.97 Å². The van der Waals surface area contributed by atoms with E-state index in [2.05, 4.69) is 50.4 Å². The van der Waals surface area contributed by atoms with Gasteiger partial charge in [0.05, 0.1) is 5.69 Å². The van der Waals surface area contributed by atoms with E-state index in [1.807, 2.05) is 24.3 Å². The molecule has 0 fully saturated rings. The van der Waals surface area contributed by atoms with Gasteiger partial charge in [0, 0.05) is 11.0 Å². The fourth-order valence-electron chi connectivity index (χ4n) is 1.81. The maximum atomic E-state index is 6.13. The molecule has 1 aromatic heterocycles. The zero-order chi connectivity index (χ0) is 15.2. The first-order chi connectivity index (χ1) is 10.1. The Balaban J connectivity index is 2.12. The van der Waals surface area contributed by atoms with Crippen molar-refractivity contribution in [3.05, 3.63) is 35.1 Å². The van der Waals surface area contributed by atoms with Crippen LogP contribution in [-0.4, -0.2) is 16.5 Å². The molecular weight excluding hydrogens is 330 g/mol. The maximum Gasteiger partial charge on any atom is 0.159 e. The van der Waals surface area contributed by atoms with E-state index >= 15 is 0 Å². The van der Waals surface area contributed by atoms with Crippen LogP contribution in [0.3, 0.4) is 0 Å². The van der Waals surface area contributed by atoms with Crippen LogP contribution in [0.25, 0.3) is 0 Å². The smallest absolute Gasteiger partial charge is 0.159 e. The van der Waals surface area contributed by atoms with Crippen molar-refractivity contribution in [2.75, 3.05) is 22.9 Å². The number of rotatable bonds is 6. The maximum absolute atomic E-state index is 6.13. The van der Waals surface area contributed by atoms with Crippen molar-refractivity contribution in [1.29, 1.82) is 0 Å². The van der Waals surface area contributed by atoms with Crippen LogP contribution in [0.4, 0.5) is 23.0 Å². The number of halogens is 1. The number of hydrogen-bond acceptors (Lipinski definition) is 5. The van der Waals surface area contributed by atoms with Crippen LogP contribution in [0.2, 0.25) is 0 Å². The van der Waals surface area contributed by atoms with E-state index in [1.165, 1.54) is 6.33 Å². The molecule has 0 aliphatic rings. The van der Waals surface area contributed by atoms with Crippen molar-refractivity contribution in [2.24, 2.45) is 5.92 Å². The van der Waals surface area contributed by atoms with Crippen LogP contribution < -0.4 is 16.4 Å². The first-order valence-corrected chi connectivity index (χ1v) is 7.73. The van der Waals surface area contributed by atoms with Gasteiger partial charge in [-0.25, -0.2) is 9.97 Å². The number of para-hydroxylation sites is 1. The van der Waals surface area contributed by atoms with Gasteiger partial charge in [-0.2, -0.15) is 0 Å². The molecule has 2 rings (SSSR count). The van der Waals surface area contributed by atoms with Gasteiger partial charge in [0.1, 0.15) is 12.0 Å². The highest BCUT2D eigenvalue weighted by Crippen LogP contribution is 2.29. The topological polar surface area (TPSA) is 75.9 Å². The lowest BCUT2D eigenvalue weighted by Gasteiger charge is -2.13. The van der Waals surface area contributed by atoms with E-state index in [4.69, 9.17) is 5.73 Å². The number of anilines is 4. The Morgan fingerprint density at radius 1 is 1.19 bits per heavy atom. The number of nitrogens with one attached hydrogen (secondary N) is 2. The lowest BCUT2D eigenvalue weighted by atomic mass is 10.1. The minimum atomic E-state index is 0.525. The van der Waals surface area contributed by atoms with Crippen LogP contribution in [-0.2, 0) is 0 Å². The number of nitrogens with two attached hydrogens (primary N) is 1. The molecule has 2 aromatic rings. The van der Waals surface area contributed by atoms with Crippen molar-refractivity contribution >= 4 is 38.9 Å². The van der Waals surface area contributed by atoms with Gasteiger partial charge in [-0.05, 0) is 40.4 Å². The molecule has 0 saturated carbocycles. The molecule has 0 aliphatic heterocycles. The monoisotopic (exact) mass is 349 g/mol. The molecule has 0 bridgehead atoms. The van der Waals surface area contributed by atoms with E-state index in [1.54, 1.807) is 0 Å². The molecule has 0 spiro atoms. The summed E-state index contributed by atoms with van der Waals surface area (Å²) in [6, 6.07) is 7.82. The van der Waals surface area contributed by atoms with Gasteiger partial charge in [-0.3, -0.25) is 0 Å². The zero-order valence-electron chi connectivity index (χ0n) is 12.2. The van der Waals surface area contributed by atoms with Crippen molar-refractivity contribution in [2.45, 2.75) is 20.3 Å². The Kier molecular flexibility index (Phi) is 5.38. The average Bonchev–Trinajstić information content (AvgIpc) is 2.45. The standard InChI is InChI=1S/C15H20BrN5/c1-10(2)7-8-18-14-13(17)15(20-9-19-14)21-12-6-4-3-5-11(12)16/h3-6,9-10H,7-8,17H2,1-2H3,(H2,18,19,20,21). The molecular formula is C15H20BrN5. The molecule has 4 N–H and O–H groups in total. The van der Waals surface area contributed by atoms with E-state index in [-0.39, 0.29) is 0 Å². The van der Waals surface area contributed by atoms with E-state index in [0.717, 1.165) is 23.1 Å². The fraction of sp³-hybridized carbons (Fsp3) is 0.333. The summed E-state index contributed by atoms with van der Waals surface area (Å²) < 4.78 is 0.956. The molecule has 0 atom stereocenters. The first-order valence-electron chi connectivity index (χ1n) is 6.94. The molecule has 0 radical (unpaired) electrons. The number of hydrogen-bond donors (Lipinski definition) is 3. The predicted octanol–water partition coefficient (Wildman–Crippen LogP) is 4.02. The molecule has 21 heavy (non-hydrogen) atoms. The first kappa shape index (κ1) is 15.6. The molecule has 0 aliphatic carbocycles. The van der Waals surface area contributed by atoms with E-state index in [9.17, 15) is 0 Å². The van der Waals surface area contributed by atoms with E-state index < -0.39 is 0 Å². The van der Waals surface area contributed by atoms with Gasteiger partial charge in [0.2, 0.25) is 0 Å². The predicted molar refractivity (Wildman–Crippen MR) is 91.8 cm³/mol. The number of benzene rings is 1. The summed E-state index contributed by atoms with van der Waals surface area (Å²) in [6.07, 6.45) is 2.57. The van der Waals surface area contributed by atoms with Crippen LogP contribution >= 0.6 is 15.9 Å². The second-order valence-electron chi connectivity index (χ2n) is 5.20. The van der Waals surface area contributed by atoms with Gasteiger partial charge < -0.3 is 16.4 Å². The molecule has 0 unspecified atom stereocenters. The van der Waals surface area contributed by atoms with Crippen LogP contribution in [0, 0.1) is 5.92 Å². The highest BCUT2D eigenvalue weighted by atomic mass is 79.9. The lowest BCUT2D eigenvalue weighted by Crippen LogP contribution is -2.10. The van der Waals surface area contributed by atoms with Crippen molar-refractivity contribution in [3.8, 4) is 0 Å². The Labute approximate surface area is 133 Å². The van der Waals surface area contributed by atoms with Crippen LogP contribution in [0.15, 0.2) is 35.1 Å². The largest absolute Gasteiger partial charge is 0.393 e. The molecule has 5 nitrogen and oxygen atoms in total. The molecule has 6 heteroatoms. The third-order valence-electron chi connectivity index (χ3n) is 3.02. The number of nitrogen functional groups attached to an aromatic ring is 1.